The molecule has 0 spiro atoms. The zero-order chi connectivity index (χ0) is 17.6. The highest BCUT2D eigenvalue weighted by Crippen LogP contribution is 2.26. The third kappa shape index (κ3) is 4.62. The summed E-state index contributed by atoms with van der Waals surface area (Å²) >= 11 is 0. The second-order valence-electron chi connectivity index (χ2n) is 6.54. The number of rotatable bonds is 5. The molecule has 2 aromatic rings. The molecule has 132 valence electrons. The highest BCUT2D eigenvalue weighted by molar-refractivity contribution is 5.65. The molecule has 6 heteroatoms. The molecule has 0 saturated carbocycles. The second-order valence-corrected chi connectivity index (χ2v) is 6.54. The minimum atomic E-state index is -0.838. The zero-order valence-corrected chi connectivity index (χ0v) is 14.0. The molecular weight excluding hydrogens is 318 g/mol. The number of likely N-dealkylation sites (tertiary alicyclic amines) is 1. The molecule has 1 aliphatic heterocycles. The first-order valence-corrected chi connectivity index (χ1v) is 8.58. The van der Waals surface area contributed by atoms with Crippen molar-refractivity contribution in [2.45, 2.75) is 25.3 Å². The second kappa shape index (κ2) is 7.88. The normalized spacial score (nSPS) is 20.2. The monoisotopic (exact) mass is 341 g/mol. The Morgan fingerprint density at radius 1 is 1.24 bits per heavy atom. The van der Waals surface area contributed by atoms with Gasteiger partial charge in [-0.05, 0) is 30.7 Å². The first kappa shape index (κ1) is 17.1. The Kier molecular flexibility index (Phi) is 5.38. The molecule has 25 heavy (non-hydrogen) atoms. The molecule has 0 aliphatic carbocycles. The van der Waals surface area contributed by atoms with Crippen molar-refractivity contribution >= 4 is 11.8 Å². The number of pyridine rings is 1. The minimum absolute atomic E-state index is 0.0000216. The van der Waals surface area contributed by atoms with Crippen LogP contribution >= 0.6 is 0 Å². The molecule has 6 nitrogen and oxygen atoms in total. The summed E-state index contributed by atoms with van der Waals surface area (Å²) in [6, 6.07) is 13.5. The van der Waals surface area contributed by atoms with Crippen LogP contribution in [0.25, 0.3) is 0 Å². The quantitative estimate of drug-likeness (QED) is 0.647. The van der Waals surface area contributed by atoms with E-state index < -0.39 is 6.09 Å². The van der Waals surface area contributed by atoms with Crippen LogP contribution in [0, 0.1) is 11.1 Å². The third-order valence-corrected chi connectivity index (χ3v) is 4.78. The van der Waals surface area contributed by atoms with E-state index in [2.05, 4.69) is 5.32 Å². The van der Waals surface area contributed by atoms with Gasteiger partial charge in [0.05, 0.1) is 0 Å². The average Bonchev–Trinajstić information content (AvgIpc) is 2.62. The van der Waals surface area contributed by atoms with Crippen LogP contribution < -0.4 is 10.0 Å². The van der Waals surface area contributed by atoms with E-state index in [0.29, 0.717) is 12.5 Å². The van der Waals surface area contributed by atoms with Crippen LogP contribution in [0.5, 0.6) is 0 Å². The predicted octanol–water partition coefficient (Wildman–Crippen LogP) is 2.73. The van der Waals surface area contributed by atoms with Gasteiger partial charge in [-0.3, -0.25) is 0 Å². The van der Waals surface area contributed by atoms with Crippen molar-refractivity contribution in [2.24, 2.45) is 5.92 Å². The van der Waals surface area contributed by atoms with Crippen LogP contribution in [-0.2, 0) is 6.42 Å². The van der Waals surface area contributed by atoms with Crippen molar-refractivity contribution in [3.63, 3.8) is 0 Å². The Morgan fingerprint density at radius 2 is 1.96 bits per heavy atom. The van der Waals surface area contributed by atoms with Crippen LogP contribution in [-0.4, -0.2) is 35.2 Å². The van der Waals surface area contributed by atoms with Crippen molar-refractivity contribution in [2.75, 3.05) is 18.4 Å². The van der Waals surface area contributed by atoms with Gasteiger partial charge in [-0.1, -0.05) is 30.3 Å². The fourth-order valence-corrected chi connectivity index (χ4v) is 3.44. The molecule has 2 unspecified atom stereocenters. The largest absolute Gasteiger partial charge is 0.619 e. The molecule has 3 rings (SSSR count). The summed E-state index contributed by atoms with van der Waals surface area (Å²) in [6.07, 6.45) is 4.52. The maximum absolute atomic E-state index is 11.6. The number of carboxylic acid groups (broad SMARTS) is 1. The number of hydrogen-bond donors (Lipinski definition) is 2. The lowest BCUT2D eigenvalue weighted by molar-refractivity contribution is -0.605. The summed E-state index contributed by atoms with van der Waals surface area (Å²) in [5.41, 5.74) is 2.07. The summed E-state index contributed by atoms with van der Waals surface area (Å²) in [4.78, 5) is 13.1. The molecule has 0 radical (unpaired) electrons. The summed E-state index contributed by atoms with van der Waals surface area (Å²) in [5.74, 6) is 0.406. The summed E-state index contributed by atoms with van der Waals surface area (Å²) < 4.78 is 0.756. The van der Waals surface area contributed by atoms with Gasteiger partial charge in [0, 0.05) is 37.0 Å². The molecule has 1 fully saturated rings. The lowest BCUT2D eigenvalue weighted by Gasteiger charge is -2.38. The van der Waals surface area contributed by atoms with Gasteiger partial charge < -0.3 is 20.5 Å². The number of nitrogens with one attached hydrogen (secondary N) is 1. The highest BCUT2D eigenvalue weighted by atomic mass is 16.5. The number of nitrogens with zero attached hydrogens (tertiary/aromatic N) is 2. The Labute approximate surface area is 147 Å². The standard InChI is InChI=1S/C19H23N3O3/c23-19(24)22-11-6-16(14-20-17-7-9-21(25)10-8-17)13-18(22)12-15-4-2-1-3-5-15/h1-5,7-10,16,18,20H,6,11-14H2,(H,23,24). The molecule has 2 atom stereocenters. The number of aromatic nitrogens is 1. The molecule has 1 saturated heterocycles. The molecule has 1 amide bonds. The van der Waals surface area contributed by atoms with Crippen LogP contribution in [0.15, 0.2) is 54.9 Å². The average molecular weight is 341 g/mol. The maximum atomic E-state index is 11.6. The Hall–Kier alpha value is -2.76. The predicted molar refractivity (Wildman–Crippen MR) is 95.3 cm³/mol. The number of anilines is 1. The maximum Gasteiger partial charge on any atom is 0.407 e. The fraction of sp³-hybridized carbons (Fsp3) is 0.368. The van der Waals surface area contributed by atoms with E-state index in [1.54, 1.807) is 17.0 Å². The lowest BCUT2D eigenvalue weighted by atomic mass is 9.87. The van der Waals surface area contributed by atoms with Crippen LogP contribution in [0.1, 0.15) is 18.4 Å². The van der Waals surface area contributed by atoms with Gasteiger partial charge in [-0.25, -0.2) is 4.79 Å². The number of piperidine rings is 1. The number of benzene rings is 1. The number of hydrogen-bond acceptors (Lipinski definition) is 3. The lowest BCUT2D eigenvalue weighted by Crippen LogP contribution is -2.47. The Balaban J connectivity index is 1.61. The van der Waals surface area contributed by atoms with Crippen molar-refractivity contribution in [1.29, 1.82) is 0 Å². The van der Waals surface area contributed by atoms with Crippen LogP contribution in [0.2, 0.25) is 0 Å². The molecule has 1 aromatic carbocycles. The van der Waals surface area contributed by atoms with Gasteiger partial charge >= 0.3 is 6.09 Å². The molecular formula is C19H23N3O3. The SMILES string of the molecule is O=C(O)N1CCC(CNc2cc[n+]([O-])cc2)CC1Cc1ccccc1. The molecule has 1 aromatic heterocycles. The molecule has 2 N–H and O–H groups in total. The van der Waals surface area contributed by atoms with E-state index in [4.69, 9.17) is 0 Å². The number of carbonyl (C=O) groups is 1. The van der Waals surface area contributed by atoms with Crippen molar-refractivity contribution < 1.29 is 14.6 Å². The third-order valence-electron chi connectivity index (χ3n) is 4.78. The van der Waals surface area contributed by atoms with Gasteiger partial charge in [0.15, 0.2) is 12.4 Å². The zero-order valence-electron chi connectivity index (χ0n) is 14.0. The van der Waals surface area contributed by atoms with Gasteiger partial charge in [0.2, 0.25) is 0 Å². The van der Waals surface area contributed by atoms with E-state index in [1.807, 2.05) is 30.3 Å². The van der Waals surface area contributed by atoms with Gasteiger partial charge in [-0.2, -0.15) is 4.73 Å². The van der Waals surface area contributed by atoms with E-state index >= 15 is 0 Å². The van der Waals surface area contributed by atoms with Gasteiger partial charge in [0.25, 0.3) is 0 Å². The molecule has 0 bridgehead atoms. The van der Waals surface area contributed by atoms with Crippen LogP contribution in [0.3, 0.4) is 0 Å². The summed E-state index contributed by atoms with van der Waals surface area (Å²) in [7, 11) is 0. The van der Waals surface area contributed by atoms with Crippen molar-refractivity contribution in [3.05, 3.63) is 65.6 Å². The topological polar surface area (TPSA) is 79.5 Å². The first-order valence-electron chi connectivity index (χ1n) is 8.58. The smallest absolute Gasteiger partial charge is 0.407 e. The van der Waals surface area contributed by atoms with Gasteiger partial charge in [-0.15, -0.1) is 0 Å². The van der Waals surface area contributed by atoms with E-state index in [0.717, 1.165) is 41.8 Å². The minimum Gasteiger partial charge on any atom is -0.619 e. The van der Waals surface area contributed by atoms with E-state index in [9.17, 15) is 15.1 Å². The van der Waals surface area contributed by atoms with E-state index in [-0.39, 0.29) is 6.04 Å². The van der Waals surface area contributed by atoms with E-state index in [1.165, 1.54) is 12.4 Å². The number of amides is 1. The Bertz CT molecular complexity index is 691. The van der Waals surface area contributed by atoms with Crippen LogP contribution in [0.4, 0.5) is 10.5 Å². The van der Waals surface area contributed by atoms with Crippen molar-refractivity contribution in [1.82, 2.24) is 4.90 Å². The Morgan fingerprint density at radius 3 is 2.64 bits per heavy atom. The molecule has 2 heterocycles. The van der Waals surface area contributed by atoms with Gasteiger partial charge in [0.1, 0.15) is 0 Å². The molecule has 1 aliphatic rings. The summed E-state index contributed by atoms with van der Waals surface area (Å²) in [6.45, 7) is 1.34. The summed E-state index contributed by atoms with van der Waals surface area (Å²) in [5, 5.41) is 23.9. The van der Waals surface area contributed by atoms with Crippen molar-refractivity contribution in [3.8, 4) is 0 Å². The highest BCUT2D eigenvalue weighted by Gasteiger charge is 2.31. The fourth-order valence-electron chi connectivity index (χ4n) is 3.44. The first-order chi connectivity index (χ1) is 12.1.